The van der Waals surface area contributed by atoms with Crippen molar-refractivity contribution >= 4 is 32.7 Å². The number of hydrogen-bond acceptors (Lipinski definition) is 2. The Balaban J connectivity index is 1.54. The van der Waals surface area contributed by atoms with Gasteiger partial charge >= 0.3 is 0 Å². The predicted octanol–water partition coefficient (Wildman–Crippen LogP) is 2.49. The number of H-pyrrole nitrogens is 3. The lowest BCUT2D eigenvalue weighted by Crippen LogP contribution is -2.48. The number of likely N-dealkylation sites (tertiary alicyclic amines) is 1. The van der Waals surface area contributed by atoms with Crippen LogP contribution in [0.2, 0.25) is 0 Å². The number of fused-ring (bicyclic) bond motifs is 1. The van der Waals surface area contributed by atoms with Crippen LogP contribution in [0.25, 0.3) is 10.9 Å². The maximum atomic E-state index is 12.6. The highest BCUT2D eigenvalue weighted by atomic mass is 79.9. The number of hydrogen-bond donors (Lipinski definition) is 3. The highest BCUT2D eigenvalue weighted by Crippen LogP contribution is 2.29. The van der Waals surface area contributed by atoms with E-state index in [0.29, 0.717) is 18.8 Å². The minimum Gasteiger partial charge on any atom is -0.351 e. The normalized spacial score (nSPS) is 15.1. The van der Waals surface area contributed by atoms with Crippen molar-refractivity contribution in [3.8, 4) is 0 Å². The van der Waals surface area contributed by atoms with E-state index in [4.69, 9.17) is 0 Å². The molecular weight excluding hydrogens is 360 g/mol. The summed E-state index contributed by atoms with van der Waals surface area (Å²) in [6, 6.07) is 7.40. The number of carbonyl (C=O) groups is 1. The van der Waals surface area contributed by atoms with Gasteiger partial charge in [-0.05, 0) is 30.7 Å². The van der Waals surface area contributed by atoms with Gasteiger partial charge in [-0.1, -0.05) is 15.9 Å². The van der Waals surface area contributed by atoms with E-state index >= 15 is 0 Å². The number of amides is 1. The Kier molecular flexibility index (Phi) is 3.19. The van der Waals surface area contributed by atoms with E-state index in [9.17, 15) is 9.59 Å². The van der Waals surface area contributed by atoms with Crippen molar-refractivity contribution in [2.45, 2.75) is 12.8 Å². The summed E-state index contributed by atoms with van der Waals surface area (Å²) in [6.45, 7) is 3.26. The number of nitrogens with zero attached hydrogens (tertiary/aromatic N) is 1. The summed E-state index contributed by atoms with van der Waals surface area (Å²) in [7, 11) is 0. The molecule has 3 aromatic rings. The lowest BCUT2D eigenvalue weighted by atomic mass is 9.96. The van der Waals surface area contributed by atoms with Gasteiger partial charge in [0.2, 0.25) is 0 Å². The zero-order valence-corrected chi connectivity index (χ0v) is 14.0. The third kappa shape index (κ3) is 2.31. The lowest BCUT2D eigenvalue weighted by Gasteiger charge is -2.38. The molecule has 0 radical (unpaired) electrons. The van der Waals surface area contributed by atoms with E-state index in [0.717, 1.165) is 26.6 Å². The molecule has 3 N–H and O–H groups in total. The summed E-state index contributed by atoms with van der Waals surface area (Å²) >= 11 is 3.51. The first-order valence-electron chi connectivity index (χ1n) is 7.37. The molecule has 1 amide bonds. The Morgan fingerprint density at radius 2 is 2.04 bits per heavy atom. The fraction of sp³-hybridized carbons (Fsp3) is 0.250. The van der Waals surface area contributed by atoms with E-state index in [2.05, 4.69) is 31.1 Å². The molecule has 0 bridgehead atoms. The van der Waals surface area contributed by atoms with Crippen molar-refractivity contribution in [2.75, 3.05) is 13.1 Å². The summed E-state index contributed by atoms with van der Waals surface area (Å²) in [4.78, 5) is 28.7. The van der Waals surface area contributed by atoms with Crippen LogP contribution in [0.15, 0.2) is 33.5 Å². The van der Waals surface area contributed by atoms with E-state index in [1.807, 2.05) is 25.1 Å². The van der Waals surface area contributed by atoms with Gasteiger partial charge in [-0.2, -0.15) is 0 Å². The highest BCUT2D eigenvalue weighted by Gasteiger charge is 2.33. The summed E-state index contributed by atoms with van der Waals surface area (Å²) in [5.41, 5.74) is 3.39. The summed E-state index contributed by atoms with van der Waals surface area (Å²) < 4.78 is 1.03. The second-order valence-corrected chi connectivity index (χ2v) is 6.79. The van der Waals surface area contributed by atoms with Crippen LogP contribution in [-0.2, 0) is 0 Å². The Hall–Kier alpha value is -2.28. The van der Waals surface area contributed by atoms with Gasteiger partial charge < -0.3 is 15.0 Å². The van der Waals surface area contributed by atoms with Crippen molar-refractivity contribution in [3.05, 3.63) is 56.0 Å². The van der Waals surface area contributed by atoms with Gasteiger partial charge in [-0.25, -0.2) is 0 Å². The van der Waals surface area contributed by atoms with Crippen LogP contribution in [0.3, 0.4) is 0 Å². The average molecular weight is 375 g/mol. The molecule has 0 aliphatic carbocycles. The molecule has 0 unspecified atom stereocenters. The van der Waals surface area contributed by atoms with Gasteiger partial charge in [0.1, 0.15) is 5.69 Å². The number of rotatable bonds is 2. The van der Waals surface area contributed by atoms with Crippen LogP contribution in [0.4, 0.5) is 0 Å². The Morgan fingerprint density at radius 3 is 2.74 bits per heavy atom. The summed E-state index contributed by atoms with van der Waals surface area (Å²) in [5, 5.41) is 6.43. The molecule has 1 aliphatic heterocycles. The first-order chi connectivity index (χ1) is 11.0. The van der Waals surface area contributed by atoms with Crippen LogP contribution in [0.1, 0.15) is 27.7 Å². The maximum absolute atomic E-state index is 12.6. The molecule has 1 aliphatic rings. The monoisotopic (exact) mass is 374 g/mol. The average Bonchev–Trinajstić information content (AvgIpc) is 3.08. The van der Waals surface area contributed by atoms with E-state index in [1.54, 1.807) is 11.0 Å². The van der Waals surface area contributed by atoms with E-state index in [1.165, 1.54) is 0 Å². The van der Waals surface area contributed by atoms with Crippen molar-refractivity contribution in [2.24, 2.45) is 0 Å². The zero-order chi connectivity index (χ0) is 16.1. The Bertz CT molecular complexity index is 962. The topological polar surface area (TPSA) is 84.8 Å². The second kappa shape index (κ2) is 5.13. The summed E-state index contributed by atoms with van der Waals surface area (Å²) in [6.07, 6.45) is 0. The molecule has 0 atom stereocenters. The van der Waals surface area contributed by atoms with Crippen LogP contribution in [0.5, 0.6) is 0 Å². The molecule has 23 heavy (non-hydrogen) atoms. The number of carbonyl (C=O) groups excluding carboxylic acids is 1. The lowest BCUT2D eigenvalue weighted by molar-refractivity contribution is 0.0593. The van der Waals surface area contributed by atoms with Crippen molar-refractivity contribution in [3.63, 3.8) is 0 Å². The predicted molar refractivity (Wildman–Crippen MR) is 90.8 cm³/mol. The third-order valence-electron chi connectivity index (χ3n) is 4.46. The molecule has 1 fully saturated rings. The minimum atomic E-state index is -0.138. The molecule has 1 saturated heterocycles. The molecule has 3 heterocycles. The maximum Gasteiger partial charge on any atom is 0.270 e. The van der Waals surface area contributed by atoms with Gasteiger partial charge in [0.05, 0.1) is 0 Å². The smallest absolute Gasteiger partial charge is 0.270 e. The minimum absolute atomic E-state index is 0.00847. The molecule has 2 aromatic heterocycles. The van der Waals surface area contributed by atoms with Crippen molar-refractivity contribution in [1.29, 1.82) is 0 Å². The largest absolute Gasteiger partial charge is 0.351 e. The summed E-state index contributed by atoms with van der Waals surface area (Å²) in [5.74, 6) is 0.184. The molecule has 7 heteroatoms. The first kappa shape index (κ1) is 14.3. The molecule has 6 nitrogen and oxygen atoms in total. The molecule has 118 valence electrons. The van der Waals surface area contributed by atoms with Gasteiger partial charge in [-0.3, -0.25) is 14.7 Å². The standard InChI is InChI=1S/C16H15BrN4O2/c1-8-10-4-14(18-12(10)3-2-11(8)17)16(23)21-6-9(7-21)13-5-15(22)20-19-13/h2-5,9,18H,6-7H2,1H3,(H2,19,20,22). The van der Waals surface area contributed by atoms with Gasteiger partial charge in [0.25, 0.3) is 11.5 Å². The Morgan fingerprint density at radius 1 is 1.26 bits per heavy atom. The van der Waals surface area contributed by atoms with E-state index in [-0.39, 0.29) is 17.4 Å². The van der Waals surface area contributed by atoms with Crippen LogP contribution in [0, 0.1) is 6.92 Å². The second-order valence-electron chi connectivity index (χ2n) is 5.94. The van der Waals surface area contributed by atoms with E-state index < -0.39 is 0 Å². The number of halogens is 1. The van der Waals surface area contributed by atoms with Crippen LogP contribution < -0.4 is 5.56 Å². The number of benzene rings is 1. The molecule has 4 rings (SSSR count). The highest BCUT2D eigenvalue weighted by molar-refractivity contribution is 9.10. The quantitative estimate of drug-likeness (QED) is 0.643. The van der Waals surface area contributed by atoms with Gasteiger partial charge in [-0.15, -0.1) is 0 Å². The molecular formula is C16H15BrN4O2. The number of aromatic nitrogens is 3. The Labute approximate surface area is 140 Å². The molecule has 0 saturated carbocycles. The van der Waals surface area contributed by atoms with Crippen molar-refractivity contribution < 1.29 is 4.79 Å². The van der Waals surface area contributed by atoms with Crippen LogP contribution >= 0.6 is 15.9 Å². The van der Waals surface area contributed by atoms with Crippen molar-refractivity contribution in [1.82, 2.24) is 20.1 Å². The van der Waals surface area contributed by atoms with Gasteiger partial charge in [0.15, 0.2) is 0 Å². The number of aromatic amines is 3. The van der Waals surface area contributed by atoms with Crippen LogP contribution in [-0.4, -0.2) is 39.1 Å². The SMILES string of the molecule is Cc1c(Br)ccc2[nH]c(C(=O)N3CC(c4cc(=O)[nH][nH]4)C3)cc12. The number of aryl methyl sites for hydroxylation is 1. The molecule has 0 spiro atoms. The first-order valence-corrected chi connectivity index (χ1v) is 8.17. The fourth-order valence-electron chi connectivity index (χ4n) is 3.02. The fourth-order valence-corrected chi connectivity index (χ4v) is 3.36. The molecule has 1 aromatic carbocycles. The third-order valence-corrected chi connectivity index (χ3v) is 5.32. The zero-order valence-electron chi connectivity index (χ0n) is 12.4. The van der Waals surface area contributed by atoms with Gasteiger partial charge in [0, 0.05) is 46.1 Å². The number of nitrogens with one attached hydrogen (secondary N) is 3.